The van der Waals surface area contributed by atoms with Gasteiger partial charge in [-0.05, 0) is 18.6 Å². The van der Waals surface area contributed by atoms with Gasteiger partial charge in [0.15, 0.2) is 0 Å². The van der Waals surface area contributed by atoms with Gasteiger partial charge < -0.3 is 20.1 Å². The van der Waals surface area contributed by atoms with E-state index in [2.05, 4.69) is 26.3 Å². The summed E-state index contributed by atoms with van der Waals surface area (Å²) >= 11 is 0. The molecule has 1 aromatic heterocycles. The van der Waals surface area contributed by atoms with E-state index in [1.54, 1.807) is 0 Å². The lowest BCUT2D eigenvalue weighted by Gasteiger charge is -2.29. The highest BCUT2D eigenvalue weighted by atomic mass is 16.5. The maximum absolute atomic E-state index is 8.87. The van der Waals surface area contributed by atoms with Crippen molar-refractivity contribution in [2.75, 3.05) is 49.7 Å². The first-order valence-corrected chi connectivity index (χ1v) is 7.32. The van der Waals surface area contributed by atoms with Gasteiger partial charge in [-0.2, -0.15) is 4.98 Å². The van der Waals surface area contributed by atoms with Crippen molar-refractivity contribution in [3.05, 3.63) is 24.3 Å². The van der Waals surface area contributed by atoms with Crippen molar-refractivity contribution in [3.8, 4) is 0 Å². The summed E-state index contributed by atoms with van der Waals surface area (Å²) in [4.78, 5) is 11.4. The number of aromatic nitrogens is 2. The average Bonchev–Trinajstić information content (AvgIpc) is 2.55. The smallest absolute Gasteiger partial charge is 0.225 e. The third-order valence-electron chi connectivity index (χ3n) is 3.51. The molecule has 1 aliphatic rings. The molecule has 6 nitrogen and oxygen atoms in total. The number of fused-ring (bicyclic) bond motifs is 1. The van der Waals surface area contributed by atoms with Crippen molar-refractivity contribution in [1.29, 1.82) is 0 Å². The van der Waals surface area contributed by atoms with Crippen LogP contribution in [0.15, 0.2) is 24.3 Å². The highest BCUT2D eigenvalue weighted by Gasteiger charge is 2.17. The standard InChI is InChI=1S/C15H20N4O2/c20-9-3-6-16-15-17-13-5-2-1-4-12(13)14(18-15)19-7-10-21-11-8-19/h1-2,4-5,20H,3,6-11H2,(H,16,17,18). The molecule has 0 radical (unpaired) electrons. The molecule has 1 fully saturated rings. The third-order valence-corrected chi connectivity index (χ3v) is 3.51. The summed E-state index contributed by atoms with van der Waals surface area (Å²) in [6.07, 6.45) is 0.684. The summed E-state index contributed by atoms with van der Waals surface area (Å²) in [5.74, 6) is 1.57. The minimum atomic E-state index is 0.164. The zero-order valence-corrected chi connectivity index (χ0v) is 12.0. The summed E-state index contributed by atoms with van der Waals surface area (Å²) in [7, 11) is 0. The van der Waals surface area contributed by atoms with Crippen molar-refractivity contribution >= 4 is 22.7 Å². The zero-order valence-electron chi connectivity index (χ0n) is 12.0. The van der Waals surface area contributed by atoms with Crippen LogP contribution in [0.2, 0.25) is 0 Å². The Bertz CT molecular complexity index is 599. The van der Waals surface area contributed by atoms with Crippen molar-refractivity contribution in [2.45, 2.75) is 6.42 Å². The highest BCUT2D eigenvalue weighted by Crippen LogP contribution is 2.25. The number of aliphatic hydroxyl groups is 1. The number of para-hydroxylation sites is 1. The Morgan fingerprint density at radius 2 is 2.00 bits per heavy atom. The lowest BCUT2D eigenvalue weighted by molar-refractivity contribution is 0.122. The molecule has 112 valence electrons. The van der Waals surface area contributed by atoms with Gasteiger partial charge in [-0.15, -0.1) is 0 Å². The van der Waals surface area contributed by atoms with Crippen LogP contribution in [0.5, 0.6) is 0 Å². The molecular formula is C15H20N4O2. The Morgan fingerprint density at radius 3 is 2.81 bits per heavy atom. The first-order valence-electron chi connectivity index (χ1n) is 7.32. The molecule has 0 bridgehead atoms. The number of nitrogens with one attached hydrogen (secondary N) is 1. The van der Waals surface area contributed by atoms with Gasteiger partial charge in [0.25, 0.3) is 0 Å². The minimum absolute atomic E-state index is 0.164. The van der Waals surface area contributed by atoms with E-state index >= 15 is 0 Å². The fourth-order valence-corrected chi connectivity index (χ4v) is 2.43. The van der Waals surface area contributed by atoms with Gasteiger partial charge in [-0.25, -0.2) is 4.98 Å². The molecule has 0 amide bonds. The Balaban J connectivity index is 1.94. The van der Waals surface area contributed by atoms with Crippen LogP contribution >= 0.6 is 0 Å². The van der Waals surface area contributed by atoms with E-state index in [0.29, 0.717) is 18.9 Å². The summed E-state index contributed by atoms with van der Waals surface area (Å²) in [5.41, 5.74) is 0.931. The number of ether oxygens (including phenoxy) is 1. The molecule has 0 atom stereocenters. The number of rotatable bonds is 5. The third kappa shape index (κ3) is 3.22. The molecule has 21 heavy (non-hydrogen) atoms. The van der Waals surface area contributed by atoms with Crippen LogP contribution < -0.4 is 10.2 Å². The molecule has 0 aliphatic carbocycles. The number of morpholine rings is 1. The Labute approximate surface area is 123 Å². The van der Waals surface area contributed by atoms with Crippen LogP contribution in [0, 0.1) is 0 Å². The van der Waals surface area contributed by atoms with Crippen LogP contribution in [0.4, 0.5) is 11.8 Å². The monoisotopic (exact) mass is 288 g/mol. The van der Waals surface area contributed by atoms with Gasteiger partial charge in [0.2, 0.25) is 5.95 Å². The van der Waals surface area contributed by atoms with E-state index in [4.69, 9.17) is 9.84 Å². The number of hydrogen-bond acceptors (Lipinski definition) is 6. The fourth-order valence-electron chi connectivity index (χ4n) is 2.43. The second-order valence-corrected chi connectivity index (χ2v) is 4.99. The fraction of sp³-hybridized carbons (Fsp3) is 0.467. The van der Waals surface area contributed by atoms with Crippen molar-refractivity contribution < 1.29 is 9.84 Å². The van der Waals surface area contributed by atoms with Gasteiger partial charge in [0, 0.05) is 31.6 Å². The SMILES string of the molecule is OCCCNc1nc(N2CCOCC2)c2ccccc2n1. The van der Waals surface area contributed by atoms with E-state index in [1.807, 2.05) is 18.2 Å². The molecule has 3 rings (SSSR count). The van der Waals surface area contributed by atoms with E-state index in [-0.39, 0.29) is 6.61 Å². The molecular weight excluding hydrogens is 268 g/mol. The van der Waals surface area contributed by atoms with E-state index in [9.17, 15) is 0 Å². The Hall–Kier alpha value is -1.92. The van der Waals surface area contributed by atoms with Gasteiger partial charge in [-0.1, -0.05) is 12.1 Å². The van der Waals surface area contributed by atoms with Gasteiger partial charge in [0.05, 0.1) is 18.7 Å². The van der Waals surface area contributed by atoms with E-state index in [1.165, 1.54) is 0 Å². The molecule has 0 unspecified atom stereocenters. The Kier molecular flexibility index (Phi) is 4.47. The summed E-state index contributed by atoms with van der Waals surface area (Å²) < 4.78 is 5.41. The summed E-state index contributed by atoms with van der Waals surface area (Å²) in [5, 5.41) is 13.1. The first kappa shape index (κ1) is 14.0. The first-order chi connectivity index (χ1) is 10.4. The molecule has 2 aromatic rings. The largest absolute Gasteiger partial charge is 0.396 e. The molecule has 0 spiro atoms. The zero-order chi connectivity index (χ0) is 14.5. The number of benzene rings is 1. The molecule has 1 saturated heterocycles. The molecule has 2 N–H and O–H groups in total. The van der Waals surface area contributed by atoms with Gasteiger partial charge in [0.1, 0.15) is 5.82 Å². The maximum Gasteiger partial charge on any atom is 0.225 e. The van der Waals surface area contributed by atoms with Crippen molar-refractivity contribution in [3.63, 3.8) is 0 Å². The van der Waals surface area contributed by atoms with Crippen LogP contribution in [0.1, 0.15) is 6.42 Å². The van der Waals surface area contributed by atoms with E-state index < -0.39 is 0 Å². The molecule has 0 saturated carbocycles. The normalized spacial score (nSPS) is 15.4. The average molecular weight is 288 g/mol. The summed E-state index contributed by atoms with van der Waals surface area (Å²) in [6, 6.07) is 8.04. The van der Waals surface area contributed by atoms with Crippen LogP contribution in [0.3, 0.4) is 0 Å². The summed E-state index contributed by atoms with van der Waals surface area (Å²) in [6.45, 7) is 3.97. The molecule has 2 heterocycles. The second kappa shape index (κ2) is 6.69. The number of hydrogen-bond donors (Lipinski definition) is 2. The predicted octanol–water partition coefficient (Wildman–Crippen LogP) is 1.26. The predicted molar refractivity (Wildman–Crippen MR) is 82.8 cm³/mol. The second-order valence-electron chi connectivity index (χ2n) is 4.99. The maximum atomic E-state index is 8.87. The van der Waals surface area contributed by atoms with Gasteiger partial charge in [-0.3, -0.25) is 0 Å². The quantitative estimate of drug-likeness (QED) is 0.807. The Morgan fingerprint density at radius 1 is 1.19 bits per heavy atom. The topological polar surface area (TPSA) is 70.5 Å². The highest BCUT2D eigenvalue weighted by molar-refractivity contribution is 5.90. The molecule has 1 aromatic carbocycles. The van der Waals surface area contributed by atoms with Crippen LogP contribution in [-0.2, 0) is 4.74 Å². The number of nitrogens with zero attached hydrogens (tertiary/aromatic N) is 3. The number of aliphatic hydroxyl groups excluding tert-OH is 1. The number of anilines is 2. The molecule has 6 heteroatoms. The van der Waals surface area contributed by atoms with Crippen molar-refractivity contribution in [2.24, 2.45) is 0 Å². The lowest BCUT2D eigenvalue weighted by Crippen LogP contribution is -2.37. The lowest BCUT2D eigenvalue weighted by atomic mass is 10.2. The minimum Gasteiger partial charge on any atom is -0.396 e. The molecule has 1 aliphatic heterocycles. The van der Waals surface area contributed by atoms with Crippen LogP contribution in [0.25, 0.3) is 10.9 Å². The van der Waals surface area contributed by atoms with Crippen molar-refractivity contribution in [1.82, 2.24) is 9.97 Å². The van der Waals surface area contributed by atoms with Gasteiger partial charge >= 0.3 is 0 Å². The van der Waals surface area contributed by atoms with Crippen LogP contribution in [-0.4, -0.2) is 54.5 Å². The van der Waals surface area contributed by atoms with E-state index in [0.717, 1.165) is 43.0 Å².